The van der Waals surface area contributed by atoms with Crippen molar-refractivity contribution in [1.29, 1.82) is 0 Å². The number of hydrogen-bond donors (Lipinski definition) is 0. The van der Waals surface area contributed by atoms with Crippen molar-refractivity contribution in [3.8, 4) is 33.8 Å². The molecular weight excluding hydrogens is 721 g/mol. The van der Waals surface area contributed by atoms with Gasteiger partial charge in [0.25, 0.3) is 0 Å². The maximum absolute atomic E-state index is 6.68. The largest absolute Gasteiger partial charge is 0.454 e. The number of furan rings is 1. The zero-order valence-corrected chi connectivity index (χ0v) is 32.7. The molecule has 10 aromatic rings. The lowest BCUT2D eigenvalue weighted by atomic mass is 9.72. The molecule has 0 bridgehead atoms. The van der Waals surface area contributed by atoms with Crippen molar-refractivity contribution in [1.82, 2.24) is 0 Å². The van der Waals surface area contributed by atoms with E-state index in [9.17, 15) is 0 Å². The van der Waals surface area contributed by atoms with Gasteiger partial charge in [0.2, 0.25) is 0 Å². The summed E-state index contributed by atoms with van der Waals surface area (Å²) in [5, 5.41) is 4.56. The van der Waals surface area contributed by atoms with E-state index in [4.69, 9.17) is 9.15 Å². The van der Waals surface area contributed by atoms with E-state index >= 15 is 0 Å². The maximum atomic E-state index is 6.68. The van der Waals surface area contributed by atoms with Crippen LogP contribution in [-0.2, 0) is 5.41 Å². The van der Waals surface area contributed by atoms with Crippen molar-refractivity contribution in [3.05, 3.63) is 205 Å². The zero-order valence-electron chi connectivity index (χ0n) is 32.7. The number of ether oxygens (including phenoxy) is 1. The monoisotopic (exact) mass is 758 g/mol. The highest BCUT2D eigenvalue weighted by molar-refractivity contribution is 6.10. The normalized spacial score (nSPS) is 13.5. The van der Waals surface area contributed by atoms with Crippen LogP contribution >= 0.6 is 0 Å². The molecule has 0 N–H and O–H groups in total. The molecule has 12 rings (SSSR count). The summed E-state index contributed by atoms with van der Waals surface area (Å²) in [7, 11) is 0. The van der Waals surface area contributed by atoms with Gasteiger partial charge in [-0.05, 0) is 93.4 Å². The van der Waals surface area contributed by atoms with Crippen LogP contribution in [0.4, 0.5) is 34.1 Å². The minimum atomic E-state index is -0.237. The molecular formula is C55H38N2O2. The predicted molar refractivity (Wildman–Crippen MR) is 244 cm³/mol. The molecule has 3 heterocycles. The molecule has 0 saturated heterocycles. The average molecular weight is 759 g/mol. The summed E-state index contributed by atoms with van der Waals surface area (Å²) in [6.07, 6.45) is 0. The molecule has 0 aliphatic carbocycles. The Morgan fingerprint density at radius 3 is 1.88 bits per heavy atom. The summed E-state index contributed by atoms with van der Waals surface area (Å²) >= 11 is 0. The van der Waals surface area contributed by atoms with Crippen molar-refractivity contribution in [2.45, 2.75) is 19.3 Å². The lowest BCUT2D eigenvalue weighted by Gasteiger charge is -2.45. The van der Waals surface area contributed by atoms with Gasteiger partial charge < -0.3 is 19.0 Å². The van der Waals surface area contributed by atoms with Crippen LogP contribution in [0.25, 0.3) is 55.0 Å². The highest BCUT2D eigenvalue weighted by Gasteiger charge is 2.42. The molecule has 0 spiro atoms. The summed E-state index contributed by atoms with van der Waals surface area (Å²) in [6.45, 7) is 4.66. The number of hydrogen-bond acceptors (Lipinski definition) is 4. The van der Waals surface area contributed by atoms with Crippen LogP contribution in [0.2, 0.25) is 0 Å². The standard InChI is InChI=1S/C55H38N2O2/c1-55(2)45-32-26-39(34-48(45)57-52-42-15-7-6-14-38(42)27-33-51(52)58-50-21-11-18-46(55)53(50)57)37-24-30-41(31-25-37)56(40-28-22-36(23-29-40)35-12-4-3-5-13-35)47-19-10-17-44-43-16-8-9-20-49(43)59-54(44)47/h3-34H,1-2H3. The van der Waals surface area contributed by atoms with Crippen molar-refractivity contribution in [3.63, 3.8) is 0 Å². The highest BCUT2D eigenvalue weighted by Crippen LogP contribution is 2.61. The van der Waals surface area contributed by atoms with Gasteiger partial charge in [0, 0.05) is 32.9 Å². The van der Waals surface area contributed by atoms with Crippen LogP contribution in [0.5, 0.6) is 11.5 Å². The topological polar surface area (TPSA) is 28.9 Å². The Kier molecular flexibility index (Phi) is 7.24. The Bertz CT molecular complexity index is 3270. The second kappa shape index (κ2) is 12.7. The Balaban J connectivity index is 0.996. The molecule has 0 radical (unpaired) electrons. The average Bonchev–Trinajstić information content (AvgIpc) is 3.68. The fourth-order valence-electron chi connectivity index (χ4n) is 9.50. The van der Waals surface area contributed by atoms with E-state index in [1.807, 2.05) is 12.1 Å². The van der Waals surface area contributed by atoms with Gasteiger partial charge in [-0.2, -0.15) is 0 Å². The van der Waals surface area contributed by atoms with Crippen LogP contribution < -0.4 is 14.5 Å². The van der Waals surface area contributed by atoms with Crippen molar-refractivity contribution >= 4 is 66.8 Å². The first-order valence-electron chi connectivity index (χ1n) is 20.3. The number of anilines is 6. The van der Waals surface area contributed by atoms with Crippen LogP contribution in [0, 0.1) is 0 Å². The molecule has 0 unspecified atom stereocenters. The Hall–Kier alpha value is -7.56. The van der Waals surface area contributed by atoms with E-state index in [2.05, 4.69) is 206 Å². The quantitative estimate of drug-likeness (QED) is 0.175. The Morgan fingerprint density at radius 2 is 1.08 bits per heavy atom. The molecule has 280 valence electrons. The first-order valence-corrected chi connectivity index (χ1v) is 20.3. The van der Waals surface area contributed by atoms with Crippen LogP contribution in [-0.4, -0.2) is 0 Å². The second-order valence-corrected chi connectivity index (χ2v) is 16.1. The third-order valence-electron chi connectivity index (χ3n) is 12.4. The molecule has 0 amide bonds. The molecule has 2 aliphatic heterocycles. The number of fused-ring (bicyclic) bond motifs is 9. The molecule has 4 nitrogen and oxygen atoms in total. The molecule has 9 aromatic carbocycles. The van der Waals surface area contributed by atoms with Gasteiger partial charge in [-0.15, -0.1) is 0 Å². The number of nitrogens with zero attached hydrogens (tertiary/aromatic N) is 2. The first kappa shape index (κ1) is 33.6. The van der Waals surface area contributed by atoms with E-state index in [1.54, 1.807) is 0 Å². The molecule has 0 fully saturated rings. The van der Waals surface area contributed by atoms with E-state index in [-0.39, 0.29) is 5.41 Å². The summed E-state index contributed by atoms with van der Waals surface area (Å²) in [4.78, 5) is 4.77. The first-order chi connectivity index (χ1) is 29.0. The van der Waals surface area contributed by atoms with Crippen LogP contribution in [0.1, 0.15) is 25.0 Å². The smallest absolute Gasteiger partial charge is 0.159 e. The van der Waals surface area contributed by atoms with Gasteiger partial charge in [-0.1, -0.05) is 153 Å². The molecule has 59 heavy (non-hydrogen) atoms. The number of rotatable bonds is 5. The van der Waals surface area contributed by atoms with Crippen LogP contribution in [0.3, 0.4) is 0 Å². The fourth-order valence-corrected chi connectivity index (χ4v) is 9.50. The SMILES string of the molecule is CC1(C)c2ccc(-c3ccc(N(c4ccc(-c5ccccc5)cc4)c4cccc5c4oc4ccccc45)cc3)cc2N2c3c(cccc31)Oc1ccc3ccccc3c12. The van der Waals surface area contributed by atoms with Crippen molar-refractivity contribution in [2.75, 3.05) is 9.80 Å². The molecule has 0 atom stereocenters. The molecule has 0 saturated carbocycles. The van der Waals surface area contributed by atoms with Gasteiger partial charge in [0.05, 0.1) is 22.7 Å². The van der Waals surface area contributed by atoms with Gasteiger partial charge >= 0.3 is 0 Å². The Labute approximate surface area is 342 Å². The summed E-state index contributed by atoms with van der Waals surface area (Å²) in [6, 6.07) is 69.4. The van der Waals surface area contributed by atoms with Crippen molar-refractivity contribution < 1.29 is 9.15 Å². The molecule has 2 aliphatic rings. The fraction of sp³-hybridized carbons (Fsp3) is 0.0545. The van der Waals surface area contributed by atoms with E-state index < -0.39 is 0 Å². The van der Waals surface area contributed by atoms with E-state index in [0.717, 1.165) is 73.0 Å². The lowest BCUT2D eigenvalue weighted by molar-refractivity contribution is 0.472. The van der Waals surface area contributed by atoms with E-state index in [1.165, 1.54) is 38.7 Å². The van der Waals surface area contributed by atoms with Gasteiger partial charge in [-0.3, -0.25) is 0 Å². The second-order valence-electron chi connectivity index (χ2n) is 16.1. The number of para-hydroxylation sites is 3. The number of benzene rings is 9. The summed E-state index contributed by atoms with van der Waals surface area (Å²) < 4.78 is 13.3. The van der Waals surface area contributed by atoms with Gasteiger partial charge in [0.15, 0.2) is 17.1 Å². The predicted octanol–water partition coefficient (Wildman–Crippen LogP) is 15.8. The third-order valence-corrected chi connectivity index (χ3v) is 12.4. The molecule has 4 heteroatoms. The van der Waals surface area contributed by atoms with Gasteiger partial charge in [-0.25, -0.2) is 0 Å². The van der Waals surface area contributed by atoms with E-state index in [0.29, 0.717) is 0 Å². The Morgan fingerprint density at radius 1 is 0.458 bits per heavy atom. The maximum Gasteiger partial charge on any atom is 0.159 e. The minimum absolute atomic E-state index is 0.237. The van der Waals surface area contributed by atoms with Crippen LogP contribution in [0.15, 0.2) is 199 Å². The lowest BCUT2D eigenvalue weighted by Crippen LogP contribution is -2.32. The third kappa shape index (κ3) is 5.09. The zero-order chi connectivity index (χ0) is 39.2. The minimum Gasteiger partial charge on any atom is -0.454 e. The van der Waals surface area contributed by atoms with Crippen molar-refractivity contribution in [2.24, 2.45) is 0 Å². The summed E-state index contributed by atoms with van der Waals surface area (Å²) in [5.74, 6) is 1.75. The highest BCUT2D eigenvalue weighted by atomic mass is 16.5. The summed E-state index contributed by atoms with van der Waals surface area (Å²) in [5.41, 5.74) is 15.2. The molecule has 1 aromatic heterocycles. The van der Waals surface area contributed by atoms with Gasteiger partial charge in [0.1, 0.15) is 5.58 Å².